The molecule has 2 rings (SSSR count). The highest BCUT2D eigenvalue weighted by Crippen LogP contribution is 2.34. The summed E-state index contributed by atoms with van der Waals surface area (Å²) in [5.74, 6) is 0.969. The fourth-order valence-electron chi connectivity index (χ4n) is 2.21. The second-order valence-electron chi connectivity index (χ2n) is 4.54. The molecular formula is C14H18O. The molecule has 1 aromatic carbocycles. The first-order valence-electron chi connectivity index (χ1n) is 5.63. The van der Waals surface area contributed by atoms with Gasteiger partial charge < -0.3 is 4.74 Å². The molecule has 0 unspecified atom stereocenters. The lowest BCUT2D eigenvalue weighted by Crippen LogP contribution is -2.27. The van der Waals surface area contributed by atoms with Crippen LogP contribution in [-0.2, 0) is 0 Å². The largest absolute Gasteiger partial charge is 0.488 e. The summed E-state index contributed by atoms with van der Waals surface area (Å²) in [6, 6.07) is 8.13. The zero-order chi connectivity index (χ0) is 10.7. The molecule has 0 atom stereocenters. The van der Waals surface area contributed by atoms with Gasteiger partial charge in [-0.15, -0.1) is 0 Å². The van der Waals surface area contributed by atoms with Gasteiger partial charge in [0.2, 0.25) is 0 Å². The number of hydrogen-bond donors (Lipinski definition) is 0. The maximum absolute atomic E-state index is 6.06. The van der Waals surface area contributed by atoms with E-state index >= 15 is 0 Å². The molecule has 0 N–H and O–H groups in total. The molecule has 1 nitrogen and oxygen atoms in total. The fraction of sp³-hybridized carbons (Fsp3) is 0.429. The second-order valence-corrected chi connectivity index (χ2v) is 4.54. The normalized spacial score (nSPS) is 18.7. The van der Waals surface area contributed by atoms with Crippen LogP contribution in [0.25, 0.3) is 6.08 Å². The van der Waals surface area contributed by atoms with Crippen LogP contribution in [0.5, 0.6) is 5.75 Å². The Morgan fingerprint density at radius 3 is 2.73 bits per heavy atom. The Morgan fingerprint density at radius 2 is 2.07 bits per heavy atom. The molecule has 0 aromatic heterocycles. The van der Waals surface area contributed by atoms with Crippen molar-refractivity contribution in [3.63, 3.8) is 0 Å². The molecule has 80 valence electrons. The van der Waals surface area contributed by atoms with Crippen molar-refractivity contribution in [3.8, 4) is 5.75 Å². The lowest BCUT2D eigenvalue weighted by Gasteiger charge is -2.25. The highest BCUT2D eigenvalue weighted by Gasteiger charge is 2.30. The summed E-state index contributed by atoms with van der Waals surface area (Å²) < 4.78 is 6.06. The van der Waals surface area contributed by atoms with E-state index in [0.717, 1.165) is 11.3 Å². The van der Waals surface area contributed by atoms with Gasteiger partial charge in [-0.25, -0.2) is 0 Å². The average Bonchev–Trinajstić information content (AvgIpc) is 2.65. The molecule has 0 saturated heterocycles. The van der Waals surface area contributed by atoms with Crippen molar-refractivity contribution < 1.29 is 4.74 Å². The van der Waals surface area contributed by atoms with Gasteiger partial charge in [-0.1, -0.05) is 24.8 Å². The third kappa shape index (κ3) is 2.41. The third-order valence-electron chi connectivity index (χ3n) is 3.12. The summed E-state index contributed by atoms with van der Waals surface area (Å²) >= 11 is 0. The van der Waals surface area contributed by atoms with Crippen LogP contribution < -0.4 is 4.74 Å². The Morgan fingerprint density at radius 1 is 1.33 bits per heavy atom. The van der Waals surface area contributed by atoms with Crippen LogP contribution >= 0.6 is 0 Å². The highest BCUT2D eigenvalue weighted by atomic mass is 16.5. The lowest BCUT2D eigenvalue weighted by atomic mass is 10.1. The molecule has 0 heterocycles. The molecule has 1 heteroatoms. The Kier molecular flexibility index (Phi) is 2.81. The molecule has 1 fully saturated rings. The predicted octanol–water partition coefficient (Wildman–Crippen LogP) is 4.04. The molecule has 0 radical (unpaired) electrons. The summed E-state index contributed by atoms with van der Waals surface area (Å²) in [6.45, 7) is 5.97. The minimum absolute atomic E-state index is 0.0554. The van der Waals surface area contributed by atoms with E-state index in [9.17, 15) is 0 Å². The molecule has 1 saturated carbocycles. The molecule has 0 amide bonds. The van der Waals surface area contributed by atoms with Gasteiger partial charge in [0.1, 0.15) is 11.4 Å². The Bertz CT molecular complexity index is 348. The van der Waals surface area contributed by atoms with Crippen LogP contribution in [0.4, 0.5) is 0 Å². The smallest absolute Gasteiger partial charge is 0.120 e. The van der Waals surface area contributed by atoms with Gasteiger partial charge in [0.25, 0.3) is 0 Å². The zero-order valence-electron chi connectivity index (χ0n) is 9.33. The van der Waals surface area contributed by atoms with Gasteiger partial charge in [-0.2, -0.15) is 0 Å². The summed E-state index contributed by atoms with van der Waals surface area (Å²) in [7, 11) is 0. The standard InChI is InChI=1S/C14H18O/c1-3-12-7-6-8-13(11-12)15-14(2)9-4-5-10-14/h3,6-8,11H,1,4-5,9-10H2,2H3. The van der Waals surface area contributed by atoms with Crippen LogP contribution in [0.3, 0.4) is 0 Å². The van der Waals surface area contributed by atoms with Gasteiger partial charge in [-0.05, 0) is 50.3 Å². The molecule has 1 aliphatic carbocycles. The van der Waals surface area contributed by atoms with Crippen LogP contribution in [0.15, 0.2) is 30.8 Å². The van der Waals surface area contributed by atoms with Crippen molar-refractivity contribution in [2.24, 2.45) is 0 Å². The van der Waals surface area contributed by atoms with Crippen LogP contribution in [-0.4, -0.2) is 5.60 Å². The highest BCUT2D eigenvalue weighted by molar-refractivity contribution is 5.49. The molecule has 1 aromatic rings. The van der Waals surface area contributed by atoms with Crippen molar-refractivity contribution in [1.82, 2.24) is 0 Å². The van der Waals surface area contributed by atoms with Gasteiger partial charge in [-0.3, -0.25) is 0 Å². The van der Waals surface area contributed by atoms with Gasteiger partial charge >= 0.3 is 0 Å². The van der Waals surface area contributed by atoms with Gasteiger partial charge in [0, 0.05) is 0 Å². The number of hydrogen-bond acceptors (Lipinski definition) is 1. The zero-order valence-corrected chi connectivity index (χ0v) is 9.33. The van der Waals surface area contributed by atoms with Crippen LogP contribution in [0.2, 0.25) is 0 Å². The molecule has 15 heavy (non-hydrogen) atoms. The maximum atomic E-state index is 6.06. The quantitative estimate of drug-likeness (QED) is 0.718. The minimum atomic E-state index is 0.0554. The molecule has 0 aliphatic heterocycles. The van der Waals surface area contributed by atoms with Crippen molar-refractivity contribution >= 4 is 6.08 Å². The van der Waals surface area contributed by atoms with Crippen molar-refractivity contribution in [3.05, 3.63) is 36.4 Å². The van der Waals surface area contributed by atoms with E-state index < -0.39 is 0 Å². The molecular weight excluding hydrogens is 184 g/mol. The van der Waals surface area contributed by atoms with Gasteiger partial charge in [0.05, 0.1) is 0 Å². The van der Waals surface area contributed by atoms with Gasteiger partial charge in [0.15, 0.2) is 0 Å². The first-order chi connectivity index (χ1) is 7.22. The van der Waals surface area contributed by atoms with Crippen molar-refractivity contribution in [1.29, 1.82) is 0 Å². The molecule has 0 spiro atoms. The van der Waals surface area contributed by atoms with E-state index in [0.29, 0.717) is 0 Å². The number of benzene rings is 1. The monoisotopic (exact) mass is 202 g/mol. The summed E-state index contributed by atoms with van der Waals surface area (Å²) in [5, 5.41) is 0. The number of ether oxygens (including phenoxy) is 1. The first kappa shape index (κ1) is 10.3. The van der Waals surface area contributed by atoms with E-state index in [4.69, 9.17) is 4.74 Å². The maximum Gasteiger partial charge on any atom is 0.120 e. The number of rotatable bonds is 3. The Hall–Kier alpha value is -1.24. The summed E-state index contributed by atoms with van der Waals surface area (Å²) in [6.07, 6.45) is 6.77. The average molecular weight is 202 g/mol. The van der Waals surface area contributed by atoms with Crippen LogP contribution in [0, 0.1) is 0 Å². The van der Waals surface area contributed by atoms with Crippen LogP contribution in [0.1, 0.15) is 38.2 Å². The van der Waals surface area contributed by atoms with E-state index in [2.05, 4.69) is 19.6 Å². The first-order valence-corrected chi connectivity index (χ1v) is 5.63. The van der Waals surface area contributed by atoms with E-state index in [1.807, 2.05) is 24.3 Å². The predicted molar refractivity (Wildman–Crippen MR) is 64.0 cm³/mol. The SMILES string of the molecule is C=Cc1cccc(OC2(C)CCCC2)c1. The van der Waals surface area contributed by atoms with Crippen molar-refractivity contribution in [2.75, 3.05) is 0 Å². The topological polar surface area (TPSA) is 9.23 Å². The summed E-state index contributed by atoms with van der Waals surface area (Å²) in [5.41, 5.74) is 1.17. The third-order valence-corrected chi connectivity index (χ3v) is 3.12. The minimum Gasteiger partial charge on any atom is -0.488 e. The molecule has 1 aliphatic rings. The second kappa shape index (κ2) is 4.09. The Balaban J connectivity index is 2.12. The van der Waals surface area contributed by atoms with E-state index in [1.165, 1.54) is 25.7 Å². The van der Waals surface area contributed by atoms with E-state index in [1.54, 1.807) is 0 Å². The lowest BCUT2D eigenvalue weighted by molar-refractivity contribution is 0.0968. The van der Waals surface area contributed by atoms with E-state index in [-0.39, 0.29) is 5.60 Å². The Labute approximate surface area is 91.8 Å². The summed E-state index contributed by atoms with van der Waals surface area (Å²) in [4.78, 5) is 0. The van der Waals surface area contributed by atoms with Crippen molar-refractivity contribution in [2.45, 2.75) is 38.2 Å². The molecule has 0 bridgehead atoms. The fourth-order valence-corrected chi connectivity index (χ4v) is 2.21.